The van der Waals surface area contributed by atoms with E-state index < -0.39 is 64.6 Å². The second-order valence-electron chi connectivity index (χ2n) is 27.6. The average Bonchev–Trinajstić information content (AvgIpc) is 1.58. The van der Waals surface area contributed by atoms with E-state index in [-0.39, 0.29) is 55.5 Å². The summed E-state index contributed by atoms with van der Waals surface area (Å²) >= 11 is 0. The third kappa shape index (κ3) is 17.5. The third-order valence-electron chi connectivity index (χ3n) is 20.8. The fourth-order valence-corrected chi connectivity index (χ4v) is 14.9. The van der Waals surface area contributed by atoms with Crippen LogP contribution in [-0.2, 0) is 57.0 Å². The number of alkyl halides is 6. The van der Waals surface area contributed by atoms with Gasteiger partial charge in [0.2, 0.25) is 5.91 Å². The van der Waals surface area contributed by atoms with Crippen molar-refractivity contribution < 1.29 is 69.3 Å². The molecule has 3 heterocycles. The first kappa shape index (κ1) is 74.2. The highest BCUT2D eigenvalue weighted by Crippen LogP contribution is 2.49. The lowest BCUT2D eigenvalue weighted by Crippen LogP contribution is -2.50. The zero-order valence-corrected chi connectivity index (χ0v) is 57.9. The van der Waals surface area contributed by atoms with Crippen LogP contribution >= 0.6 is 0 Å². The number of carboxylic acid groups (broad SMARTS) is 1. The van der Waals surface area contributed by atoms with Gasteiger partial charge in [-0.25, -0.2) is 9.18 Å². The zero-order chi connectivity index (χ0) is 72.5. The van der Waals surface area contributed by atoms with Crippen LogP contribution in [0.5, 0.6) is 0 Å². The van der Waals surface area contributed by atoms with Crippen LogP contribution in [0.15, 0.2) is 170 Å². The van der Waals surface area contributed by atoms with Gasteiger partial charge in [-0.15, -0.1) is 0 Å². The standard InChI is InChI=1S/C79H87F7N8O8/c1-87(51-56-14-12-18-60(46-56)73(97)90(4)44-45-91-39-31-66(32-40-91)94(75(99)100)69-21-11-9-19-67(69)57-15-6-5-7-16-57)38-30-55-22-24-58(25-23-55)72(96)89(3)37-13-36-88(2)71(95)52-101-70-49-59-17-8-10-20-68(59)76(70)33-41-92(42-34-76)43-35-77(62-26-28-65(80)29-27-62)53-93(54-102-77)74(98)61-47-63(78(81,82)83)50-64(48-61)79(84,85)86/h5-12,14-29,46-48,50,66,70H,13,30-45,49,51-54H2,1-4H3,(H,99,100)/t70-,77+/m0/s1. The number of carbonyl (C=O) groups is 5. The number of piperidine rings is 2. The fourth-order valence-electron chi connectivity index (χ4n) is 14.9. The Balaban J connectivity index is 0.598. The average molecular weight is 1410 g/mol. The number of fused-ring (bicyclic) bond motifs is 2. The van der Waals surface area contributed by atoms with Crippen LogP contribution < -0.4 is 4.90 Å². The van der Waals surface area contributed by atoms with Gasteiger partial charge in [-0.2, -0.15) is 26.3 Å². The number of anilines is 1. The molecule has 1 aliphatic carbocycles. The van der Waals surface area contributed by atoms with Crippen molar-refractivity contribution >= 4 is 35.4 Å². The maximum Gasteiger partial charge on any atom is 0.416 e. The number of benzene rings is 7. The van der Waals surface area contributed by atoms with Crippen molar-refractivity contribution in [2.24, 2.45) is 0 Å². The molecule has 540 valence electrons. The summed E-state index contributed by atoms with van der Waals surface area (Å²) in [6.07, 6.45) is -6.75. The van der Waals surface area contributed by atoms with Crippen LogP contribution in [0.1, 0.15) is 109 Å². The molecule has 16 nitrogen and oxygen atoms in total. The minimum atomic E-state index is -5.15. The lowest BCUT2D eigenvalue weighted by atomic mass is 9.72. The number of para-hydroxylation sites is 1. The molecule has 3 saturated heterocycles. The lowest BCUT2D eigenvalue weighted by Gasteiger charge is -2.44. The summed E-state index contributed by atoms with van der Waals surface area (Å²) in [7, 11) is 7.32. The molecule has 2 atom stereocenters. The van der Waals surface area contributed by atoms with Crippen molar-refractivity contribution in [2.45, 2.75) is 93.4 Å². The molecule has 23 heteroatoms. The van der Waals surface area contributed by atoms with Crippen LogP contribution in [-0.4, -0.2) is 195 Å². The number of hydrogen-bond donors (Lipinski definition) is 1. The van der Waals surface area contributed by atoms with E-state index in [0.717, 1.165) is 64.3 Å². The Morgan fingerprint density at radius 2 is 1.25 bits per heavy atom. The molecule has 3 aliphatic heterocycles. The first-order valence-corrected chi connectivity index (χ1v) is 34.7. The summed E-state index contributed by atoms with van der Waals surface area (Å²) in [5.74, 6) is -2.01. The minimum Gasteiger partial charge on any atom is -0.465 e. The Labute approximate surface area is 590 Å². The Kier molecular flexibility index (Phi) is 23.4. The summed E-state index contributed by atoms with van der Waals surface area (Å²) in [6.45, 7) is 5.63. The first-order valence-electron chi connectivity index (χ1n) is 34.7. The number of amides is 5. The minimum absolute atomic E-state index is 0.0288. The van der Waals surface area contributed by atoms with Crippen molar-refractivity contribution in [3.8, 4) is 11.1 Å². The van der Waals surface area contributed by atoms with Gasteiger partial charge in [0.15, 0.2) is 0 Å². The lowest BCUT2D eigenvalue weighted by molar-refractivity contribution is -0.143. The molecule has 102 heavy (non-hydrogen) atoms. The van der Waals surface area contributed by atoms with E-state index in [1.165, 1.54) is 29.2 Å². The second kappa shape index (κ2) is 32.1. The van der Waals surface area contributed by atoms with Crippen LogP contribution in [0, 0.1) is 5.82 Å². The van der Waals surface area contributed by atoms with E-state index in [1.54, 1.807) is 28.8 Å². The molecular weight excluding hydrogens is 1320 g/mol. The molecule has 1 spiro atoms. The van der Waals surface area contributed by atoms with Gasteiger partial charge in [0.1, 0.15) is 24.8 Å². The molecule has 5 amide bonds. The maximum absolute atomic E-state index is 14.3. The van der Waals surface area contributed by atoms with Gasteiger partial charge in [0.25, 0.3) is 17.7 Å². The maximum atomic E-state index is 14.3. The van der Waals surface area contributed by atoms with Gasteiger partial charge in [-0.05, 0) is 166 Å². The summed E-state index contributed by atoms with van der Waals surface area (Å²) in [4.78, 5) is 81.9. The highest BCUT2D eigenvalue weighted by atomic mass is 19.4. The molecule has 7 aromatic rings. The van der Waals surface area contributed by atoms with Crippen molar-refractivity contribution in [1.82, 2.24) is 34.3 Å². The number of carbonyl (C=O) groups excluding carboxylic acids is 4. The van der Waals surface area contributed by atoms with Crippen molar-refractivity contribution in [3.05, 3.63) is 231 Å². The van der Waals surface area contributed by atoms with E-state index in [4.69, 9.17) is 9.47 Å². The summed E-state index contributed by atoms with van der Waals surface area (Å²) < 4.78 is 110. The predicted octanol–water partition coefficient (Wildman–Crippen LogP) is 13.2. The second-order valence-corrected chi connectivity index (χ2v) is 27.6. The van der Waals surface area contributed by atoms with E-state index in [0.29, 0.717) is 125 Å². The van der Waals surface area contributed by atoms with Crippen LogP contribution in [0.3, 0.4) is 0 Å². The smallest absolute Gasteiger partial charge is 0.416 e. The molecule has 1 N–H and O–H groups in total. The highest BCUT2D eigenvalue weighted by Gasteiger charge is 2.50. The molecule has 11 rings (SSSR count). The van der Waals surface area contributed by atoms with Crippen LogP contribution in [0.4, 0.5) is 41.2 Å². The SMILES string of the molecule is CN(CCc1ccc(C(=O)N(C)CCCN(C)C(=O)CO[C@H]2Cc3ccccc3C23CCN(CC[C@]2(c4ccc(F)cc4)CN(C(=O)c4cc(C(F)(F)F)cc(C(F)(F)F)c4)CO2)CC3)cc1)Cc1cccc(C(=O)N(C)CCN2CCC(N(C(=O)O)c3ccccc3-c3ccccc3)CC2)c1. The Hall–Kier alpha value is -9.00. The molecule has 0 unspecified atom stereocenters. The number of likely N-dealkylation sites (N-methyl/N-ethyl adjacent to an activating group) is 3. The third-order valence-corrected chi connectivity index (χ3v) is 20.8. The van der Waals surface area contributed by atoms with Gasteiger partial charge >= 0.3 is 18.4 Å². The summed E-state index contributed by atoms with van der Waals surface area (Å²) in [5, 5.41) is 10.4. The van der Waals surface area contributed by atoms with E-state index >= 15 is 0 Å². The fraction of sp³-hybridized carbons (Fsp3) is 0.405. The number of hydrogen-bond acceptors (Lipinski definition) is 10. The topological polar surface area (TPSA) is 150 Å². The van der Waals surface area contributed by atoms with E-state index in [2.05, 4.69) is 26.8 Å². The predicted molar refractivity (Wildman–Crippen MR) is 374 cm³/mol. The normalized spacial score (nSPS) is 18.0. The van der Waals surface area contributed by atoms with Gasteiger partial charge in [0, 0.05) is 114 Å². The van der Waals surface area contributed by atoms with E-state index in [9.17, 15) is 59.8 Å². The Morgan fingerprint density at radius 1 is 0.618 bits per heavy atom. The summed E-state index contributed by atoms with van der Waals surface area (Å²) in [5.41, 5.74) is 2.87. The highest BCUT2D eigenvalue weighted by molar-refractivity contribution is 5.96. The van der Waals surface area contributed by atoms with Gasteiger partial charge in [-0.1, -0.05) is 109 Å². The first-order chi connectivity index (χ1) is 48.8. The van der Waals surface area contributed by atoms with Crippen LogP contribution in [0.25, 0.3) is 11.1 Å². The van der Waals surface area contributed by atoms with Gasteiger partial charge in [-0.3, -0.25) is 24.1 Å². The molecule has 3 fully saturated rings. The van der Waals surface area contributed by atoms with E-state index in [1.807, 2.05) is 129 Å². The number of rotatable bonds is 25. The number of ether oxygens (including phenoxy) is 2. The monoisotopic (exact) mass is 1410 g/mol. The molecule has 0 saturated carbocycles. The quantitative estimate of drug-likeness (QED) is 0.0545. The molecule has 7 aromatic carbocycles. The largest absolute Gasteiger partial charge is 0.465 e. The number of likely N-dealkylation sites (tertiary alicyclic amines) is 2. The molecule has 4 aliphatic rings. The van der Waals surface area contributed by atoms with Crippen LogP contribution in [0.2, 0.25) is 0 Å². The molecule has 0 aromatic heterocycles. The van der Waals surface area contributed by atoms with Gasteiger partial charge < -0.3 is 48.9 Å². The van der Waals surface area contributed by atoms with Gasteiger partial charge in [0.05, 0.1) is 29.5 Å². The van der Waals surface area contributed by atoms with Crippen molar-refractivity contribution in [2.75, 3.05) is 118 Å². The molecule has 0 radical (unpaired) electrons. The van der Waals surface area contributed by atoms with Crippen molar-refractivity contribution in [3.63, 3.8) is 0 Å². The number of nitrogens with zero attached hydrogens (tertiary/aromatic N) is 8. The summed E-state index contributed by atoms with van der Waals surface area (Å²) in [6, 6.07) is 47.0. The Morgan fingerprint density at radius 3 is 1.93 bits per heavy atom. The molecule has 0 bridgehead atoms. The zero-order valence-electron chi connectivity index (χ0n) is 57.9. The van der Waals surface area contributed by atoms with Crippen molar-refractivity contribution in [1.29, 1.82) is 0 Å². The molecular formula is C79H87F7N8O8. The Bertz CT molecular complexity index is 4040. The number of halogens is 7.